The molecule has 1 aliphatic heterocycles. The van der Waals surface area contributed by atoms with Crippen LogP contribution in [0.5, 0.6) is 0 Å². The second kappa shape index (κ2) is 9.00. The van der Waals surface area contributed by atoms with Crippen LogP contribution in [0.2, 0.25) is 0 Å². The summed E-state index contributed by atoms with van der Waals surface area (Å²) >= 11 is 1.62. The number of aryl methyl sites for hydroxylation is 1. The van der Waals surface area contributed by atoms with E-state index in [1.54, 1.807) is 23.3 Å². The molecule has 2 amide bonds. The van der Waals surface area contributed by atoms with Gasteiger partial charge < -0.3 is 20.1 Å². The summed E-state index contributed by atoms with van der Waals surface area (Å²) in [4.78, 5) is 25.7. The van der Waals surface area contributed by atoms with Gasteiger partial charge in [0.2, 0.25) is 11.8 Å². The Morgan fingerprint density at radius 2 is 2.26 bits per heavy atom. The molecule has 2 N–H and O–H groups in total. The van der Waals surface area contributed by atoms with E-state index >= 15 is 0 Å². The molecule has 23 heavy (non-hydrogen) atoms. The molecule has 1 aliphatic rings. The van der Waals surface area contributed by atoms with Gasteiger partial charge in [0.05, 0.1) is 19.1 Å². The van der Waals surface area contributed by atoms with Gasteiger partial charge in [0.25, 0.3) is 0 Å². The molecule has 0 spiro atoms. The highest BCUT2D eigenvalue weighted by atomic mass is 32.1. The van der Waals surface area contributed by atoms with Crippen molar-refractivity contribution < 1.29 is 19.4 Å². The number of piperidine rings is 1. The summed E-state index contributed by atoms with van der Waals surface area (Å²) in [7, 11) is 1.55. The Balaban J connectivity index is 1.79. The number of carbonyl (C=O) groups is 2. The monoisotopic (exact) mass is 340 g/mol. The van der Waals surface area contributed by atoms with Crippen molar-refractivity contribution in [2.75, 3.05) is 26.8 Å². The van der Waals surface area contributed by atoms with Crippen LogP contribution in [-0.2, 0) is 20.7 Å². The maximum absolute atomic E-state index is 12.0. The van der Waals surface area contributed by atoms with Gasteiger partial charge in [0.15, 0.2) is 0 Å². The minimum Gasteiger partial charge on any atom is -0.391 e. The molecule has 0 radical (unpaired) electrons. The highest BCUT2D eigenvalue weighted by Crippen LogP contribution is 2.13. The fourth-order valence-corrected chi connectivity index (χ4v) is 3.42. The number of nitrogens with zero attached hydrogens (tertiary/aromatic N) is 1. The first-order valence-corrected chi connectivity index (χ1v) is 8.78. The Labute approximate surface area is 140 Å². The molecule has 0 bridgehead atoms. The second-order valence-electron chi connectivity index (χ2n) is 5.83. The third-order valence-electron chi connectivity index (χ3n) is 3.89. The van der Waals surface area contributed by atoms with Crippen LogP contribution in [0.3, 0.4) is 0 Å². The number of likely N-dealkylation sites (tertiary alicyclic amines) is 1. The highest BCUT2D eigenvalue weighted by molar-refractivity contribution is 7.07. The molecule has 128 valence electrons. The maximum atomic E-state index is 12.0. The largest absolute Gasteiger partial charge is 0.391 e. The number of β-amino-alcohol motifs (C(OH)–C–C–N with tert-alkyl or cyclic N) is 1. The SMILES string of the molecule is COCCC(=O)N1C[C@H](O)C[C@H](NC(=O)CCc2ccsc2)C1. The van der Waals surface area contributed by atoms with E-state index in [0.717, 1.165) is 5.56 Å². The summed E-state index contributed by atoms with van der Waals surface area (Å²) in [5.41, 5.74) is 1.16. The third kappa shape index (κ3) is 5.93. The van der Waals surface area contributed by atoms with Gasteiger partial charge >= 0.3 is 0 Å². The van der Waals surface area contributed by atoms with Crippen molar-refractivity contribution in [3.63, 3.8) is 0 Å². The summed E-state index contributed by atoms with van der Waals surface area (Å²) in [5, 5.41) is 16.9. The molecule has 1 aromatic rings. The number of hydrogen-bond acceptors (Lipinski definition) is 5. The lowest BCUT2D eigenvalue weighted by Crippen LogP contribution is -2.54. The first-order valence-electron chi connectivity index (χ1n) is 7.83. The number of amides is 2. The summed E-state index contributed by atoms with van der Waals surface area (Å²) in [6.45, 7) is 1.14. The summed E-state index contributed by atoms with van der Waals surface area (Å²) in [6.07, 6.45) is 1.31. The predicted molar refractivity (Wildman–Crippen MR) is 88.3 cm³/mol. The smallest absolute Gasteiger partial charge is 0.225 e. The molecular weight excluding hydrogens is 316 g/mol. The number of carbonyl (C=O) groups excluding carboxylic acids is 2. The Morgan fingerprint density at radius 1 is 1.43 bits per heavy atom. The van der Waals surface area contributed by atoms with E-state index in [4.69, 9.17) is 4.74 Å². The van der Waals surface area contributed by atoms with Gasteiger partial charge in [-0.05, 0) is 35.2 Å². The third-order valence-corrected chi connectivity index (χ3v) is 4.62. The maximum Gasteiger partial charge on any atom is 0.225 e. The molecule has 1 aromatic heterocycles. The van der Waals surface area contributed by atoms with Gasteiger partial charge in [-0.2, -0.15) is 11.3 Å². The van der Waals surface area contributed by atoms with Gasteiger partial charge in [-0.25, -0.2) is 0 Å². The molecule has 2 atom stereocenters. The number of rotatable bonds is 7. The van der Waals surface area contributed by atoms with E-state index in [9.17, 15) is 14.7 Å². The highest BCUT2D eigenvalue weighted by Gasteiger charge is 2.29. The summed E-state index contributed by atoms with van der Waals surface area (Å²) in [6, 6.07) is 1.82. The number of hydrogen-bond donors (Lipinski definition) is 2. The number of aliphatic hydroxyl groups is 1. The lowest BCUT2D eigenvalue weighted by atomic mass is 10.0. The number of ether oxygens (including phenoxy) is 1. The zero-order valence-electron chi connectivity index (χ0n) is 13.4. The zero-order chi connectivity index (χ0) is 16.7. The lowest BCUT2D eigenvalue weighted by Gasteiger charge is -2.36. The van der Waals surface area contributed by atoms with Crippen molar-refractivity contribution in [1.82, 2.24) is 10.2 Å². The van der Waals surface area contributed by atoms with Crippen LogP contribution >= 0.6 is 11.3 Å². The average Bonchev–Trinajstić information content (AvgIpc) is 3.03. The Hall–Kier alpha value is -1.44. The van der Waals surface area contributed by atoms with Crippen molar-refractivity contribution >= 4 is 23.2 Å². The quantitative estimate of drug-likeness (QED) is 0.769. The summed E-state index contributed by atoms with van der Waals surface area (Å²) in [5.74, 6) is -0.0947. The Morgan fingerprint density at radius 3 is 2.96 bits per heavy atom. The normalized spacial score (nSPS) is 21.2. The van der Waals surface area contributed by atoms with Gasteiger partial charge in [-0.15, -0.1) is 0 Å². The van der Waals surface area contributed by atoms with Crippen molar-refractivity contribution in [3.05, 3.63) is 22.4 Å². The average molecular weight is 340 g/mol. The topological polar surface area (TPSA) is 78.9 Å². The molecule has 6 nitrogen and oxygen atoms in total. The first kappa shape index (κ1) is 17.9. The minimum absolute atomic E-state index is 0.0420. The van der Waals surface area contributed by atoms with Crippen LogP contribution in [0.1, 0.15) is 24.8 Å². The molecule has 1 fully saturated rings. The molecule has 7 heteroatoms. The van der Waals surface area contributed by atoms with Crippen LogP contribution in [-0.4, -0.2) is 60.8 Å². The van der Waals surface area contributed by atoms with Crippen LogP contribution in [0.25, 0.3) is 0 Å². The minimum atomic E-state index is -0.600. The second-order valence-corrected chi connectivity index (χ2v) is 6.61. The van der Waals surface area contributed by atoms with Gasteiger partial charge in [0, 0.05) is 32.7 Å². The number of thiophene rings is 1. The molecule has 2 heterocycles. The lowest BCUT2D eigenvalue weighted by molar-refractivity contribution is -0.137. The summed E-state index contributed by atoms with van der Waals surface area (Å²) < 4.78 is 4.91. The zero-order valence-corrected chi connectivity index (χ0v) is 14.2. The van der Waals surface area contributed by atoms with E-state index in [-0.39, 0.29) is 17.9 Å². The van der Waals surface area contributed by atoms with Gasteiger partial charge in [0.1, 0.15) is 0 Å². The van der Waals surface area contributed by atoms with Crippen molar-refractivity contribution in [1.29, 1.82) is 0 Å². The molecule has 1 saturated heterocycles. The fraction of sp³-hybridized carbons (Fsp3) is 0.625. The van der Waals surface area contributed by atoms with Gasteiger partial charge in [-0.3, -0.25) is 9.59 Å². The number of nitrogens with one attached hydrogen (secondary N) is 1. The van der Waals surface area contributed by atoms with Crippen LogP contribution in [0, 0.1) is 0 Å². The van der Waals surface area contributed by atoms with Crippen molar-refractivity contribution in [2.45, 2.75) is 37.8 Å². The molecule has 0 unspecified atom stereocenters. The number of aliphatic hydroxyl groups excluding tert-OH is 1. The van der Waals surface area contributed by atoms with Crippen molar-refractivity contribution in [3.8, 4) is 0 Å². The van der Waals surface area contributed by atoms with Crippen molar-refractivity contribution in [2.24, 2.45) is 0 Å². The predicted octanol–water partition coefficient (Wildman–Crippen LogP) is 0.795. The van der Waals surface area contributed by atoms with Crippen LogP contribution < -0.4 is 5.32 Å². The fourth-order valence-electron chi connectivity index (χ4n) is 2.72. The Bertz CT molecular complexity index is 506. The standard InChI is InChI=1S/C16H24N2O4S/c1-22-6-4-16(21)18-9-13(8-14(19)10-18)17-15(20)3-2-12-5-7-23-11-12/h5,7,11,13-14,19H,2-4,6,8-10H2,1H3,(H,17,20)/t13-,14+/m0/s1. The van der Waals surface area contributed by atoms with Gasteiger partial charge in [-0.1, -0.05) is 0 Å². The molecule has 2 rings (SSSR count). The van der Waals surface area contributed by atoms with E-state index in [1.807, 2.05) is 16.8 Å². The van der Waals surface area contributed by atoms with E-state index in [0.29, 0.717) is 45.4 Å². The molecule has 0 aliphatic carbocycles. The van der Waals surface area contributed by atoms with E-state index < -0.39 is 6.10 Å². The molecular formula is C16H24N2O4S. The first-order chi connectivity index (χ1) is 11.1. The van der Waals surface area contributed by atoms with Crippen LogP contribution in [0.4, 0.5) is 0 Å². The van der Waals surface area contributed by atoms with E-state index in [2.05, 4.69) is 5.32 Å². The molecule has 0 saturated carbocycles. The Kier molecular flexibility index (Phi) is 7.01. The number of methoxy groups -OCH3 is 1. The molecule has 0 aromatic carbocycles. The van der Waals surface area contributed by atoms with E-state index in [1.165, 1.54) is 0 Å². The van der Waals surface area contributed by atoms with Crippen LogP contribution in [0.15, 0.2) is 16.8 Å².